The highest BCUT2D eigenvalue weighted by atomic mass is 35.5. The van der Waals surface area contributed by atoms with Crippen LogP contribution in [0.2, 0.25) is 5.02 Å². The van der Waals surface area contributed by atoms with E-state index in [1.807, 2.05) is 18.2 Å². The lowest BCUT2D eigenvalue weighted by Crippen LogP contribution is -2.44. The van der Waals surface area contributed by atoms with E-state index in [9.17, 15) is 14.9 Å². The Bertz CT molecular complexity index is 898. The summed E-state index contributed by atoms with van der Waals surface area (Å²) < 4.78 is 0. The van der Waals surface area contributed by atoms with Crippen LogP contribution in [-0.4, -0.2) is 41.4 Å². The molecule has 0 unspecified atom stereocenters. The van der Waals surface area contributed by atoms with Gasteiger partial charge in [0, 0.05) is 42.3 Å². The predicted octanol–water partition coefficient (Wildman–Crippen LogP) is 4.46. The Morgan fingerprint density at radius 2 is 1.97 bits per heavy atom. The topological polar surface area (TPSA) is 87.5 Å². The lowest BCUT2D eigenvalue weighted by atomic mass is 10.0. The molecular weight excluding hydrogens is 404 g/mol. The highest BCUT2D eigenvalue weighted by Crippen LogP contribution is 2.27. The number of nitrogens with one attached hydrogen (secondary N) is 2. The van der Waals surface area contributed by atoms with Gasteiger partial charge < -0.3 is 15.5 Å². The first-order valence-electron chi connectivity index (χ1n) is 10.3. The van der Waals surface area contributed by atoms with Gasteiger partial charge in [0.25, 0.3) is 11.6 Å². The Balaban J connectivity index is 1.65. The molecule has 0 saturated carbocycles. The molecule has 7 nitrogen and oxygen atoms in total. The van der Waals surface area contributed by atoms with Crippen molar-refractivity contribution in [1.29, 1.82) is 0 Å². The van der Waals surface area contributed by atoms with Gasteiger partial charge in [0.15, 0.2) is 0 Å². The number of nitro groups is 1. The van der Waals surface area contributed by atoms with E-state index >= 15 is 0 Å². The maximum absolute atomic E-state index is 12.6. The van der Waals surface area contributed by atoms with Gasteiger partial charge in [-0.05, 0) is 49.6 Å². The van der Waals surface area contributed by atoms with E-state index in [1.54, 1.807) is 18.2 Å². The fourth-order valence-corrected chi connectivity index (χ4v) is 3.89. The number of rotatable bonds is 8. The first kappa shape index (κ1) is 22.1. The minimum absolute atomic E-state index is 0.0997. The number of anilines is 1. The molecule has 0 bridgehead atoms. The SMILES string of the molecule is CCCN1CCC(NC(=O)c2ccc(NCc3ccccc3Cl)c([N+](=O)[O-])c2)CC1. The highest BCUT2D eigenvalue weighted by molar-refractivity contribution is 6.31. The molecule has 30 heavy (non-hydrogen) atoms. The van der Waals surface area contributed by atoms with Crippen LogP contribution in [0.5, 0.6) is 0 Å². The van der Waals surface area contributed by atoms with Crippen LogP contribution in [0.15, 0.2) is 42.5 Å². The average Bonchev–Trinajstić information content (AvgIpc) is 2.74. The van der Waals surface area contributed by atoms with Crippen LogP contribution in [0.25, 0.3) is 0 Å². The van der Waals surface area contributed by atoms with Gasteiger partial charge in [-0.15, -0.1) is 0 Å². The molecule has 2 aromatic rings. The zero-order valence-electron chi connectivity index (χ0n) is 17.1. The molecular formula is C22H27ClN4O3. The summed E-state index contributed by atoms with van der Waals surface area (Å²) in [6.07, 6.45) is 2.91. The molecule has 1 amide bonds. The maximum atomic E-state index is 12.6. The second kappa shape index (κ2) is 10.4. The number of nitro benzene ring substituents is 1. The average molecular weight is 431 g/mol. The van der Waals surface area contributed by atoms with Gasteiger partial charge in [0.05, 0.1) is 4.92 Å². The van der Waals surface area contributed by atoms with Gasteiger partial charge in [-0.1, -0.05) is 36.7 Å². The molecule has 0 aromatic heterocycles. The van der Waals surface area contributed by atoms with Gasteiger partial charge in [0.1, 0.15) is 5.69 Å². The van der Waals surface area contributed by atoms with Crippen LogP contribution >= 0.6 is 11.6 Å². The Morgan fingerprint density at radius 3 is 2.63 bits per heavy atom. The molecule has 0 aliphatic carbocycles. The van der Waals surface area contributed by atoms with Crippen molar-refractivity contribution in [3.63, 3.8) is 0 Å². The largest absolute Gasteiger partial charge is 0.375 e. The highest BCUT2D eigenvalue weighted by Gasteiger charge is 2.22. The molecule has 0 atom stereocenters. The zero-order valence-corrected chi connectivity index (χ0v) is 17.8. The molecule has 2 N–H and O–H groups in total. The minimum atomic E-state index is -0.477. The number of benzene rings is 2. The fraction of sp³-hybridized carbons (Fsp3) is 0.409. The summed E-state index contributed by atoms with van der Waals surface area (Å²) in [5, 5.41) is 18.2. The number of carbonyl (C=O) groups excluding carboxylic acids is 1. The van der Waals surface area contributed by atoms with Crippen LogP contribution in [0.3, 0.4) is 0 Å². The van der Waals surface area contributed by atoms with Crippen LogP contribution in [0, 0.1) is 10.1 Å². The summed E-state index contributed by atoms with van der Waals surface area (Å²) in [6, 6.07) is 11.9. The van der Waals surface area contributed by atoms with Crippen molar-refractivity contribution >= 4 is 28.9 Å². The van der Waals surface area contributed by atoms with E-state index in [0.717, 1.165) is 44.5 Å². The molecule has 1 aliphatic rings. The van der Waals surface area contributed by atoms with E-state index in [0.29, 0.717) is 22.8 Å². The summed E-state index contributed by atoms with van der Waals surface area (Å²) in [7, 11) is 0. The molecule has 160 valence electrons. The van der Waals surface area contributed by atoms with Crippen molar-refractivity contribution < 1.29 is 9.72 Å². The van der Waals surface area contributed by atoms with Crippen molar-refractivity contribution in [1.82, 2.24) is 10.2 Å². The molecule has 2 aromatic carbocycles. The van der Waals surface area contributed by atoms with E-state index in [2.05, 4.69) is 22.5 Å². The Hall–Kier alpha value is -2.64. The third-order valence-electron chi connectivity index (χ3n) is 5.35. The van der Waals surface area contributed by atoms with Crippen LogP contribution < -0.4 is 10.6 Å². The lowest BCUT2D eigenvalue weighted by molar-refractivity contribution is -0.384. The molecule has 0 radical (unpaired) electrons. The fourth-order valence-electron chi connectivity index (χ4n) is 3.69. The van der Waals surface area contributed by atoms with E-state index in [-0.39, 0.29) is 17.6 Å². The summed E-state index contributed by atoms with van der Waals surface area (Å²) in [5.74, 6) is -0.273. The summed E-state index contributed by atoms with van der Waals surface area (Å²) >= 11 is 6.15. The Morgan fingerprint density at radius 1 is 1.23 bits per heavy atom. The summed E-state index contributed by atoms with van der Waals surface area (Å²) in [4.78, 5) is 26.1. The van der Waals surface area contributed by atoms with Crippen LogP contribution in [0.4, 0.5) is 11.4 Å². The smallest absolute Gasteiger partial charge is 0.293 e. The van der Waals surface area contributed by atoms with Crippen molar-refractivity contribution in [2.45, 2.75) is 38.8 Å². The molecule has 0 spiro atoms. The second-order valence-corrected chi connectivity index (χ2v) is 7.93. The van der Waals surface area contributed by atoms with Gasteiger partial charge >= 0.3 is 0 Å². The molecule has 1 heterocycles. The third-order valence-corrected chi connectivity index (χ3v) is 5.72. The van der Waals surface area contributed by atoms with Gasteiger partial charge in [-0.2, -0.15) is 0 Å². The van der Waals surface area contributed by atoms with Gasteiger partial charge in [-0.25, -0.2) is 0 Å². The predicted molar refractivity (Wildman–Crippen MR) is 119 cm³/mol. The first-order chi connectivity index (χ1) is 14.5. The summed E-state index contributed by atoms with van der Waals surface area (Å²) in [5.41, 5.74) is 1.35. The molecule has 8 heteroatoms. The number of hydrogen-bond acceptors (Lipinski definition) is 5. The molecule has 3 rings (SSSR count). The van der Waals surface area contributed by atoms with E-state index < -0.39 is 4.92 Å². The number of nitrogens with zero attached hydrogens (tertiary/aromatic N) is 2. The van der Waals surface area contributed by atoms with E-state index in [1.165, 1.54) is 6.07 Å². The second-order valence-electron chi connectivity index (χ2n) is 7.52. The third kappa shape index (κ3) is 5.70. The van der Waals surface area contributed by atoms with Crippen molar-refractivity contribution in [3.8, 4) is 0 Å². The number of hydrogen-bond donors (Lipinski definition) is 2. The Kier molecular flexibility index (Phi) is 7.65. The zero-order chi connectivity index (χ0) is 21.5. The number of likely N-dealkylation sites (tertiary alicyclic amines) is 1. The molecule has 1 aliphatic heterocycles. The first-order valence-corrected chi connectivity index (χ1v) is 10.6. The lowest BCUT2D eigenvalue weighted by Gasteiger charge is -2.32. The summed E-state index contributed by atoms with van der Waals surface area (Å²) in [6.45, 7) is 5.51. The van der Waals surface area contributed by atoms with Crippen LogP contribution in [0.1, 0.15) is 42.1 Å². The molecule has 1 saturated heterocycles. The van der Waals surface area contributed by atoms with Gasteiger partial charge in [-0.3, -0.25) is 14.9 Å². The van der Waals surface area contributed by atoms with Gasteiger partial charge in [0.2, 0.25) is 0 Å². The van der Waals surface area contributed by atoms with Crippen molar-refractivity contribution in [3.05, 3.63) is 68.7 Å². The maximum Gasteiger partial charge on any atom is 0.293 e. The van der Waals surface area contributed by atoms with E-state index in [4.69, 9.17) is 11.6 Å². The van der Waals surface area contributed by atoms with Crippen molar-refractivity contribution in [2.75, 3.05) is 25.0 Å². The standard InChI is InChI=1S/C22H27ClN4O3/c1-2-11-26-12-9-18(10-13-26)25-22(28)16-7-8-20(21(14-16)27(29)30)24-15-17-5-3-4-6-19(17)23/h3-8,14,18,24H,2,9-13,15H2,1H3,(H,25,28). The minimum Gasteiger partial charge on any atom is -0.375 e. The number of halogens is 1. The normalized spacial score (nSPS) is 15.0. The monoisotopic (exact) mass is 430 g/mol. The number of amides is 1. The van der Waals surface area contributed by atoms with Crippen molar-refractivity contribution in [2.24, 2.45) is 0 Å². The number of carbonyl (C=O) groups is 1. The molecule has 1 fully saturated rings. The van der Waals surface area contributed by atoms with Crippen LogP contribution in [-0.2, 0) is 6.54 Å². The quantitative estimate of drug-likeness (QED) is 0.476. The number of piperidine rings is 1. The Labute approximate surface area is 181 Å².